The number of halogens is 3. The fourth-order valence-electron chi connectivity index (χ4n) is 1.95. The molecule has 0 saturated heterocycles. The van der Waals surface area contributed by atoms with Crippen molar-refractivity contribution in [3.05, 3.63) is 46.0 Å². The van der Waals surface area contributed by atoms with Gasteiger partial charge >= 0.3 is 6.18 Å². The second-order valence-electron chi connectivity index (χ2n) is 4.46. The lowest BCUT2D eigenvalue weighted by Gasteiger charge is -2.15. The highest BCUT2D eigenvalue weighted by molar-refractivity contribution is 7.05. The Bertz CT molecular complexity index is 563. The van der Waals surface area contributed by atoms with Gasteiger partial charge in [-0.2, -0.15) is 13.2 Å². The minimum absolute atomic E-state index is 0.00624. The second-order valence-corrected chi connectivity index (χ2v) is 5.25. The topological polar surface area (TPSA) is 37.8 Å². The molecule has 7 heteroatoms. The summed E-state index contributed by atoms with van der Waals surface area (Å²) in [4.78, 5) is 1.01. The first-order valence-corrected chi connectivity index (χ1v) is 6.81. The summed E-state index contributed by atoms with van der Waals surface area (Å²) in [5.41, 5.74) is 1.06. The van der Waals surface area contributed by atoms with E-state index in [1.165, 1.54) is 23.7 Å². The van der Waals surface area contributed by atoms with E-state index in [9.17, 15) is 13.2 Å². The lowest BCUT2D eigenvalue weighted by atomic mass is 10.0. The van der Waals surface area contributed by atoms with Crippen molar-refractivity contribution in [1.29, 1.82) is 0 Å². The summed E-state index contributed by atoms with van der Waals surface area (Å²) < 4.78 is 41.4. The van der Waals surface area contributed by atoms with Crippen LogP contribution in [-0.4, -0.2) is 16.6 Å². The minimum Gasteiger partial charge on any atom is -0.312 e. The molecule has 1 aromatic heterocycles. The van der Waals surface area contributed by atoms with Crippen LogP contribution in [0.15, 0.2) is 24.3 Å². The van der Waals surface area contributed by atoms with Gasteiger partial charge < -0.3 is 5.32 Å². The zero-order valence-electron chi connectivity index (χ0n) is 11.0. The van der Waals surface area contributed by atoms with Crippen LogP contribution in [0.4, 0.5) is 13.2 Å². The molecule has 1 atom stereocenters. The summed E-state index contributed by atoms with van der Waals surface area (Å²) in [5.74, 6) is 0. The summed E-state index contributed by atoms with van der Waals surface area (Å²) in [6.45, 7) is 1.87. The molecular weight excluding hydrogens is 287 g/mol. The zero-order valence-corrected chi connectivity index (χ0v) is 11.8. The molecule has 3 nitrogen and oxygen atoms in total. The highest BCUT2D eigenvalue weighted by atomic mass is 32.1. The number of alkyl halides is 3. The molecule has 108 valence electrons. The molecule has 2 rings (SSSR count). The Morgan fingerprint density at radius 2 is 1.90 bits per heavy atom. The first-order valence-electron chi connectivity index (χ1n) is 6.04. The zero-order chi connectivity index (χ0) is 14.8. The van der Waals surface area contributed by atoms with Gasteiger partial charge in [-0.1, -0.05) is 16.6 Å². The smallest absolute Gasteiger partial charge is 0.312 e. The molecule has 1 N–H and O–H groups in total. The number of nitrogens with zero attached hydrogens (tertiary/aromatic N) is 2. The molecule has 1 aromatic carbocycles. The number of hydrogen-bond acceptors (Lipinski definition) is 4. The van der Waals surface area contributed by atoms with E-state index in [0.29, 0.717) is 6.42 Å². The van der Waals surface area contributed by atoms with E-state index in [1.807, 2.05) is 14.0 Å². The number of likely N-dealkylation sites (N-methyl/N-ethyl adjacent to an activating group) is 1. The van der Waals surface area contributed by atoms with Crippen LogP contribution in [0.1, 0.15) is 27.7 Å². The van der Waals surface area contributed by atoms with Crippen LogP contribution in [0.2, 0.25) is 0 Å². The molecule has 0 amide bonds. The Hall–Kier alpha value is -1.47. The molecule has 0 saturated carbocycles. The monoisotopic (exact) mass is 301 g/mol. The van der Waals surface area contributed by atoms with Gasteiger partial charge in [0.25, 0.3) is 0 Å². The SMILES string of the molecule is CNC(Cc1ccc(C(F)(F)F)cc1)c1snnc1C. The Labute approximate surface area is 119 Å². The van der Waals surface area contributed by atoms with E-state index in [4.69, 9.17) is 0 Å². The number of aromatic nitrogens is 2. The van der Waals surface area contributed by atoms with E-state index in [2.05, 4.69) is 14.9 Å². The molecule has 0 aliphatic rings. The van der Waals surface area contributed by atoms with Crippen molar-refractivity contribution in [3.63, 3.8) is 0 Å². The fraction of sp³-hybridized carbons (Fsp3) is 0.385. The third kappa shape index (κ3) is 3.34. The molecule has 20 heavy (non-hydrogen) atoms. The van der Waals surface area contributed by atoms with Crippen molar-refractivity contribution in [2.75, 3.05) is 7.05 Å². The third-order valence-electron chi connectivity index (χ3n) is 3.07. The maximum Gasteiger partial charge on any atom is 0.416 e. The van der Waals surface area contributed by atoms with Crippen molar-refractivity contribution >= 4 is 11.5 Å². The normalized spacial score (nSPS) is 13.4. The van der Waals surface area contributed by atoms with Crippen LogP contribution in [-0.2, 0) is 12.6 Å². The standard InChI is InChI=1S/C13H14F3N3S/c1-8-12(20-19-18-8)11(17-2)7-9-3-5-10(6-4-9)13(14,15)16/h3-6,11,17H,7H2,1-2H3. The summed E-state index contributed by atoms with van der Waals surface area (Å²) >= 11 is 1.31. The number of rotatable bonds is 4. The first-order chi connectivity index (χ1) is 9.41. The van der Waals surface area contributed by atoms with Gasteiger partial charge in [-0.15, -0.1) is 5.10 Å². The van der Waals surface area contributed by atoms with Crippen molar-refractivity contribution < 1.29 is 13.2 Å². The van der Waals surface area contributed by atoms with Gasteiger partial charge in [0.15, 0.2) is 0 Å². The summed E-state index contributed by atoms with van der Waals surface area (Å²) in [6, 6.07) is 5.25. The molecule has 1 heterocycles. The average Bonchev–Trinajstić information content (AvgIpc) is 2.82. The molecule has 1 unspecified atom stereocenters. The Morgan fingerprint density at radius 3 is 2.35 bits per heavy atom. The van der Waals surface area contributed by atoms with Crippen molar-refractivity contribution in [3.8, 4) is 0 Å². The lowest BCUT2D eigenvalue weighted by molar-refractivity contribution is -0.137. The minimum atomic E-state index is -4.29. The predicted molar refractivity (Wildman–Crippen MR) is 71.6 cm³/mol. The molecule has 0 bridgehead atoms. The molecule has 0 fully saturated rings. The lowest BCUT2D eigenvalue weighted by Crippen LogP contribution is -2.18. The van der Waals surface area contributed by atoms with Gasteiger partial charge in [0, 0.05) is 6.04 Å². The van der Waals surface area contributed by atoms with Crippen molar-refractivity contribution in [2.24, 2.45) is 0 Å². The third-order valence-corrected chi connectivity index (χ3v) is 4.01. The van der Waals surface area contributed by atoms with Gasteiger partial charge in [0.2, 0.25) is 0 Å². The van der Waals surface area contributed by atoms with E-state index < -0.39 is 11.7 Å². The average molecular weight is 301 g/mol. The van der Waals surface area contributed by atoms with Crippen LogP contribution in [0.25, 0.3) is 0 Å². The van der Waals surface area contributed by atoms with E-state index >= 15 is 0 Å². The van der Waals surface area contributed by atoms with Crippen LogP contribution >= 0.6 is 11.5 Å². The molecule has 0 radical (unpaired) electrons. The highest BCUT2D eigenvalue weighted by Crippen LogP contribution is 2.30. The van der Waals surface area contributed by atoms with Gasteiger partial charge in [-0.25, -0.2) is 0 Å². The van der Waals surface area contributed by atoms with E-state index in [-0.39, 0.29) is 6.04 Å². The molecule has 0 aliphatic heterocycles. The van der Waals surface area contributed by atoms with Crippen LogP contribution in [0.5, 0.6) is 0 Å². The first kappa shape index (κ1) is 14.9. The predicted octanol–water partition coefficient (Wildman–Crippen LogP) is 3.37. The summed E-state index contributed by atoms with van der Waals surface area (Å²) in [5, 5.41) is 7.10. The fourth-order valence-corrected chi connectivity index (χ4v) is 2.70. The van der Waals surface area contributed by atoms with Gasteiger partial charge in [-0.05, 0) is 49.6 Å². The van der Waals surface area contributed by atoms with Gasteiger partial charge in [0.05, 0.1) is 16.1 Å². The molecule has 0 aliphatic carbocycles. The number of benzene rings is 1. The van der Waals surface area contributed by atoms with Crippen LogP contribution in [0.3, 0.4) is 0 Å². The Kier molecular flexibility index (Phi) is 4.39. The Morgan fingerprint density at radius 1 is 1.25 bits per heavy atom. The van der Waals surface area contributed by atoms with Crippen LogP contribution in [0, 0.1) is 6.92 Å². The van der Waals surface area contributed by atoms with Gasteiger partial charge in [0.1, 0.15) is 0 Å². The molecule has 2 aromatic rings. The number of nitrogens with one attached hydrogen (secondary N) is 1. The van der Waals surface area contributed by atoms with Crippen molar-refractivity contribution in [2.45, 2.75) is 25.6 Å². The van der Waals surface area contributed by atoms with Crippen molar-refractivity contribution in [1.82, 2.24) is 14.9 Å². The largest absolute Gasteiger partial charge is 0.416 e. The Balaban J connectivity index is 2.15. The molecular formula is C13H14F3N3S. The summed E-state index contributed by atoms with van der Waals surface area (Å²) in [7, 11) is 1.81. The summed E-state index contributed by atoms with van der Waals surface area (Å²) in [6.07, 6.45) is -3.70. The maximum atomic E-state index is 12.5. The number of hydrogen-bond donors (Lipinski definition) is 1. The van der Waals surface area contributed by atoms with Gasteiger partial charge in [-0.3, -0.25) is 0 Å². The molecule has 0 spiro atoms. The maximum absolute atomic E-state index is 12.5. The quantitative estimate of drug-likeness (QED) is 0.941. The number of aryl methyl sites for hydroxylation is 1. The van der Waals surface area contributed by atoms with Crippen LogP contribution < -0.4 is 5.32 Å². The second kappa shape index (κ2) is 5.88. The highest BCUT2D eigenvalue weighted by Gasteiger charge is 2.30. The van der Waals surface area contributed by atoms with E-state index in [0.717, 1.165) is 28.3 Å². The van der Waals surface area contributed by atoms with E-state index in [1.54, 1.807) is 0 Å².